The average Bonchev–Trinajstić information content (AvgIpc) is 2.63. The van der Waals surface area contributed by atoms with Crippen molar-refractivity contribution >= 4 is 5.91 Å². The van der Waals surface area contributed by atoms with E-state index in [9.17, 15) is 9.90 Å². The molecule has 4 heteroatoms. The van der Waals surface area contributed by atoms with Crippen LogP contribution in [0.5, 0.6) is 5.75 Å². The van der Waals surface area contributed by atoms with Crippen LogP contribution in [0.1, 0.15) is 40.0 Å². The van der Waals surface area contributed by atoms with Crippen molar-refractivity contribution in [1.82, 2.24) is 9.80 Å². The highest BCUT2D eigenvalue weighted by Gasteiger charge is 2.25. The lowest BCUT2D eigenvalue weighted by molar-refractivity contribution is 0.0582. The van der Waals surface area contributed by atoms with Crippen molar-refractivity contribution in [3.8, 4) is 5.75 Å². The number of phenols is 1. The van der Waals surface area contributed by atoms with Gasteiger partial charge in [-0.2, -0.15) is 0 Å². The van der Waals surface area contributed by atoms with E-state index in [0.29, 0.717) is 11.6 Å². The van der Waals surface area contributed by atoms with E-state index in [-0.39, 0.29) is 11.7 Å². The lowest BCUT2D eigenvalue weighted by atomic mass is 10.0. The normalized spacial score (nSPS) is 16.7. The van der Waals surface area contributed by atoms with Gasteiger partial charge in [0.1, 0.15) is 5.75 Å². The second kappa shape index (κ2) is 7.28. The molecule has 1 aliphatic heterocycles. The van der Waals surface area contributed by atoms with Gasteiger partial charge in [-0.3, -0.25) is 9.69 Å². The summed E-state index contributed by atoms with van der Waals surface area (Å²) in [5.41, 5.74) is 4.61. The largest absolute Gasteiger partial charge is 0.508 e. The molecule has 2 aromatic carbocycles. The Morgan fingerprint density at radius 3 is 2.20 bits per heavy atom. The van der Waals surface area contributed by atoms with Gasteiger partial charge in [-0.15, -0.1) is 0 Å². The minimum atomic E-state index is 0.0403. The highest BCUT2D eigenvalue weighted by atomic mass is 16.3. The van der Waals surface area contributed by atoms with Crippen LogP contribution in [0.15, 0.2) is 42.5 Å². The molecule has 1 N–H and O–H groups in total. The lowest BCUT2D eigenvalue weighted by Gasteiger charge is -2.38. The molecule has 25 heavy (non-hydrogen) atoms. The highest BCUT2D eigenvalue weighted by molar-refractivity contribution is 5.94. The molecular formula is C21H26N2O2. The van der Waals surface area contributed by atoms with E-state index in [4.69, 9.17) is 0 Å². The molecule has 1 unspecified atom stereocenters. The minimum absolute atomic E-state index is 0.0403. The van der Waals surface area contributed by atoms with Gasteiger partial charge in [0.15, 0.2) is 0 Å². The third-order valence-corrected chi connectivity index (χ3v) is 5.28. The van der Waals surface area contributed by atoms with Crippen molar-refractivity contribution in [2.24, 2.45) is 0 Å². The van der Waals surface area contributed by atoms with E-state index in [0.717, 1.165) is 26.2 Å². The van der Waals surface area contributed by atoms with Crippen LogP contribution >= 0.6 is 0 Å². The SMILES string of the molecule is Cc1ccc(C(C)N2CCN(C(=O)c3ccc(O)cc3)CC2)cc1C. The number of hydrogen-bond donors (Lipinski definition) is 1. The van der Waals surface area contributed by atoms with Crippen LogP contribution < -0.4 is 0 Å². The fraction of sp³-hybridized carbons (Fsp3) is 0.381. The van der Waals surface area contributed by atoms with Crippen LogP contribution in [0.25, 0.3) is 0 Å². The molecule has 1 fully saturated rings. The highest BCUT2D eigenvalue weighted by Crippen LogP contribution is 2.24. The summed E-state index contributed by atoms with van der Waals surface area (Å²) < 4.78 is 0. The number of hydrogen-bond acceptors (Lipinski definition) is 3. The van der Waals surface area contributed by atoms with Crippen molar-refractivity contribution in [1.29, 1.82) is 0 Å². The molecule has 2 aromatic rings. The number of carbonyl (C=O) groups excluding carboxylic acids is 1. The Balaban J connectivity index is 1.62. The summed E-state index contributed by atoms with van der Waals surface area (Å²) in [5.74, 6) is 0.224. The first kappa shape index (κ1) is 17.5. The van der Waals surface area contributed by atoms with Crippen LogP contribution in [0, 0.1) is 13.8 Å². The topological polar surface area (TPSA) is 43.8 Å². The van der Waals surface area contributed by atoms with Crippen molar-refractivity contribution in [2.75, 3.05) is 26.2 Å². The zero-order valence-corrected chi connectivity index (χ0v) is 15.2. The van der Waals surface area contributed by atoms with E-state index in [1.165, 1.54) is 16.7 Å². The van der Waals surface area contributed by atoms with Gasteiger partial charge in [-0.05, 0) is 61.7 Å². The summed E-state index contributed by atoms with van der Waals surface area (Å²) in [6.07, 6.45) is 0. The van der Waals surface area contributed by atoms with E-state index < -0.39 is 0 Å². The third-order valence-electron chi connectivity index (χ3n) is 5.28. The van der Waals surface area contributed by atoms with Crippen LogP contribution in [-0.2, 0) is 0 Å². The molecule has 1 aliphatic rings. The number of rotatable bonds is 3. The van der Waals surface area contributed by atoms with Crippen LogP contribution in [0.3, 0.4) is 0 Å². The van der Waals surface area contributed by atoms with Crippen molar-refractivity contribution < 1.29 is 9.90 Å². The molecule has 0 aliphatic carbocycles. The molecule has 3 rings (SSSR count). The van der Waals surface area contributed by atoms with Gasteiger partial charge in [0.25, 0.3) is 5.91 Å². The molecule has 1 saturated heterocycles. The van der Waals surface area contributed by atoms with Crippen molar-refractivity contribution in [3.63, 3.8) is 0 Å². The maximum atomic E-state index is 12.6. The van der Waals surface area contributed by atoms with E-state index in [2.05, 4.69) is 43.9 Å². The van der Waals surface area contributed by atoms with Gasteiger partial charge in [-0.1, -0.05) is 18.2 Å². The Morgan fingerprint density at radius 2 is 1.60 bits per heavy atom. The fourth-order valence-corrected chi connectivity index (χ4v) is 3.33. The molecule has 1 heterocycles. The summed E-state index contributed by atoms with van der Waals surface area (Å²) in [7, 11) is 0. The molecule has 1 amide bonds. The smallest absolute Gasteiger partial charge is 0.253 e. The molecule has 0 radical (unpaired) electrons. The summed E-state index contributed by atoms with van der Waals surface area (Å²) in [4.78, 5) is 16.9. The van der Waals surface area contributed by atoms with Gasteiger partial charge in [0, 0.05) is 37.8 Å². The molecule has 132 valence electrons. The number of piperazine rings is 1. The van der Waals surface area contributed by atoms with Gasteiger partial charge in [-0.25, -0.2) is 0 Å². The minimum Gasteiger partial charge on any atom is -0.508 e. The standard InChI is InChI=1S/C21H26N2O2/c1-15-4-5-19(14-16(15)2)17(3)22-10-12-23(13-11-22)21(25)18-6-8-20(24)9-7-18/h4-9,14,17,24H,10-13H2,1-3H3. The Bertz CT molecular complexity index is 747. The van der Waals surface area contributed by atoms with Crippen molar-refractivity contribution in [3.05, 3.63) is 64.7 Å². The zero-order valence-electron chi connectivity index (χ0n) is 15.2. The molecular weight excluding hydrogens is 312 g/mol. The first-order chi connectivity index (χ1) is 12.0. The number of nitrogens with zero attached hydrogens (tertiary/aromatic N) is 2. The molecule has 0 saturated carbocycles. The Hall–Kier alpha value is -2.33. The van der Waals surface area contributed by atoms with Gasteiger partial charge in [0.05, 0.1) is 0 Å². The predicted molar refractivity (Wildman–Crippen MR) is 99.9 cm³/mol. The number of carbonyl (C=O) groups is 1. The molecule has 0 bridgehead atoms. The molecule has 4 nitrogen and oxygen atoms in total. The van der Waals surface area contributed by atoms with E-state index in [1.54, 1.807) is 24.3 Å². The summed E-state index contributed by atoms with van der Waals surface area (Å²) >= 11 is 0. The average molecular weight is 338 g/mol. The second-order valence-electron chi connectivity index (χ2n) is 6.89. The third kappa shape index (κ3) is 3.85. The summed E-state index contributed by atoms with van der Waals surface area (Å²) in [5, 5.41) is 9.36. The number of benzene rings is 2. The number of aryl methyl sites for hydroxylation is 2. The Morgan fingerprint density at radius 1 is 0.960 bits per heavy atom. The molecule has 0 aromatic heterocycles. The first-order valence-corrected chi connectivity index (χ1v) is 8.85. The quantitative estimate of drug-likeness (QED) is 0.931. The Kier molecular flexibility index (Phi) is 5.09. The first-order valence-electron chi connectivity index (χ1n) is 8.85. The summed E-state index contributed by atoms with van der Waals surface area (Å²) in [6, 6.07) is 13.5. The predicted octanol–water partition coefficient (Wildman–Crippen LogP) is 3.53. The van der Waals surface area contributed by atoms with Crippen LogP contribution in [0.4, 0.5) is 0 Å². The zero-order chi connectivity index (χ0) is 18.0. The number of amides is 1. The van der Waals surface area contributed by atoms with Crippen LogP contribution in [-0.4, -0.2) is 47.0 Å². The van der Waals surface area contributed by atoms with Gasteiger partial charge in [0.2, 0.25) is 0 Å². The lowest BCUT2D eigenvalue weighted by Crippen LogP contribution is -2.49. The Labute approximate surface area is 149 Å². The van der Waals surface area contributed by atoms with E-state index in [1.807, 2.05) is 4.90 Å². The summed E-state index contributed by atoms with van der Waals surface area (Å²) in [6.45, 7) is 9.73. The fourth-order valence-electron chi connectivity index (χ4n) is 3.33. The second-order valence-corrected chi connectivity index (χ2v) is 6.89. The number of aromatic hydroxyl groups is 1. The number of phenolic OH excluding ortho intramolecular Hbond substituents is 1. The molecule has 0 spiro atoms. The molecule has 1 atom stereocenters. The van der Waals surface area contributed by atoms with Gasteiger partial charge < -0.3 is 10.0 Å². The van der Waals surface area contributed by atoms with Gasteiger partial charge >= 0.3 is 0 Å². The maximum absolute atomic E-state index is 12.6. The maximum Gasteiger partial charge on any atom is 0.253 e. The van der Waals surface area contributed by atoms with E-state index >= 15 is 0 Å². The monoisotopic (exact) mass is 338 g/mol. The van der Waals surface area contributed by atoms with Crippen molar-refractivity contribution in [2.45, 2.75) is 26.8 Å². The van der Waals surface area contributed by atoms with Crippen LogP contribution in [0.2, 0.25) is 0 Å².